The number of fused-ring (bicyclic) bond motifs is 1. The molecule has 1 aliphatic carbocycles. The van der Waals surface area contributed by atoms with Crippen molar-refractivity contribution in [2.75, 3.05) is 12.9 Å². The Labute approximate surface area is 196 Å². The second kappa shape index (κ2) is 9.70. The molecule has 2 N–H and O–H groups in total. The van der Waals surface area contributed by atoms with E-state index in [0.717, 1.165) is 46.6 Å². The maximum atomic E-state index is 12.6. The van der Waals surface area contributed by atoms with Gasteiger partial charge in [-0.2, -0.15) is 0 Å². The molecule has 2 heterocycles. The summed E-state index contributed by atoms with van der Waals surface area (Å²) in [7, 11) is 1.65. The summed E-state index contributed by atoms with van der Waals surface area (Å²) in [6.45, 7) is 0. The number of aromatic amines is 1. The van der Waals surface area contributed by atoms with Crippen LogP contribution in [0.1, 0.15) is 32.1 Å². The van der Waals surface area contributed by atoms with Crippen LogP contribution in [0.4, 0.5) is 0 Å². The zero-order valence-corrected chi connectivity index (χ0v) is 19.4. The number of nitrogens with one attached hydrogen (secondary N) is 2. The largest absolute Gasteiger partial charge is 0.497 e. The zero-order chi connectivity index (χ0) is 22.6. The van der Waals surface area contributed by atoms with Crippen molar-refractivity contribution in [3.05, 3.63) is 54.7 Å². The molecule has 1 amide bonds. The van der Waals surface area contributed by atoms with E-state index in [1.165, 1.54) is 31.0 Å². The number of carbonyl (C=O) groups excluding carboxylic acids is 1. The smallest absolute Gasteiger partial charge is 0.230 e. The van der Waals surface area contributed by atoms with Gasteiger partial charge in [-0.15, -0.1) is 10.2 Å². The molecule has 1 saturated carbocycles. The Morgan fingerprint density at radius 2 is 2.00 bits per heavy atom. The van der Waals surface area contributed by atoms with E-state index in [1.54, 1.807) is 7.11 Å². The summed E-state index contributed by atoms with van der Waals surface area (Å²) in [5, 5.41) is 13.9. The number of rotatable bonds is 7. The molecular formula is C25H27N5O2S. The average molecular weight is 462 g/mol. The number of carbonyl (C=O) groups is 1. The van der Waals surface area contributed by atoms with Gasteiger partial charge in [0.25, 0.3) is 0 Å². The number of hydrogen-bond donors (Lipinski definition) is 2. The molecule has 0 atom stereocenters. The van der Waals surface area contributed by atoms with Crippen molar-refractivity contribution in [2.45, 2.75) is 43.3 Å². The van der Waals surface area contributed by atoms with Crippen LogP contribution in [0.3, 0.4) is 0 Å². The Morgan fingerprint density at radius 1 is 1.15 bits per heavy atom. The molecule has 8 heteroatoms. The SMILES string of the molecule is COc1cccc(-n2c(SCC(=O)NC3CCCCC3)nnc2-c2c[nH]c3ccccc23)c1. The molecule has 7 nitrogen and oxygen atoms in total. The molecule has 0 bridgehead atoms. The van der Waals surface area contributed by atoms with Gasteiger partial charge in [0.15, 0.2) is 11.0 Å². The first-order valence-corrected chi connectivity index (χ1v) is 12.3. The number of para-hydroxylation sites is 1. The molecule has 0 spiro atoms. The fourth-order valence-corrected chi connectivity index (χ4v) is 5.19. The van der Waals surface area contributed by atoms with Gasteiger partial charge in [-0.3, -0.25) is 9.36 Å². The Morgan fingerprint density at radius 3 is 2.85 bits per heavy atom. The highest BCUT2D eigenvalue weighted by atomic mass is 32.2. The number of methoxy groups -OCH3 is 1. The summed E-state index contributed by atoms with van der Waals surface area (Å²) in [5.74, 6) is 1.81. The van der Waals surface area contributed by atoms with Gasteiger partial charge in [-0.05, 0) is 31.0 Å². The van der Waals surface area contributed by atoms with Gasteiger partial charge >= 0.3 is 0 Å². The minimum absolute atomic E-state index is 0.0423. The van der Waals surface area contributed by atoms with Crippen LogP contribution >= 0.6 is 11.8 Å². The molecule has 33 heavy (non-hydrogen) atoms. The quantitative estimate of drug-likeness (QED) is 0.380. The molecule has 2 aromatic heterocycles. The fourth-order valence-electron chi connectivity index (χ4n) is 4.42. The van der Waals surface area contributed by atoms with E-state index in [4.69, 9.17) is 4.74 Å². The Balaban J connectivity index is 1.47. The van der Waals surface area contributed by atoms with Crippen LogP contribution in [0.25, 0.3) is 28.0 Å². The van der Waals surface area contributed by atoms with Gasteiger partial charge in [0.1, 0.15) is 5.75 Å². The van der Waals surface area contributed by atoms with Crippen LogP contribution < -0.4 is 10.1 Å². The summed E-state index contributed by atoms with van der Waals surface area (Å²) in [5.41, 5.74) is 2.88. The van der Waals surface area contributed by atoms with Gasteiger partial charge < -0.3 is 15.0 Å². The minimum Gasteiger partial charge on any atom is -0.497 e. The van der Waals surface area contributed by atoms with E-state index in [0.29, 0.717) is 17.0 Å². The third kappa shape index (κ3) is 4.61. The van der Waals surface area contributed by atoms with Gasteiger partial charge in [0.05, 0.1) is 18.6 Å². The van der Waals surface area contributed by atoms with Crippen molar-refractivity contribution >= 4 is 28.6 Å². The number of benzene rings is 2. The number of aromatic nitrogens is 4. The number of H-pyrrole nitrogens is 1. The Bertz CT molecular complexity index is 1260. The van der Waals surface area contributed by atoms with Crippen LogP contribution in [0.15, 0.2) is 59.9 Å². The van der Waals surface area contributed by atoms with Crippen molar-refractivity contribution in [1.82, 2.24) is 25.1 Å². The van der Waals surface area contributed by atoms with Gasteiger partial charge in [0, 0.05) is 34.8 Å². The first kappa shape index (κ1) is 21.6. The Kier molecular flexibility index (Phi) is 6.35. The second-order valence-corrected chi connectivity index (χ2v) is 9.22. The minimum atomic E-state index is 0.0423. The molecule has 5 rings (SSSR count). The highest BCUT2D eigenvalue weighted by Gasteiger charge is 2.21. The molecule has 0 aliphatic heterocycles. The molecule has 0 saturated heterocycles. The van der Waals surface area contributed by atoms with Gasteiger partial charge in [0.2, 0.25) is 5.91 Å². The lowest BCUT2D eigenvalue weighted by Crippen LogP contribution is -2.37. The van der Waals surface area contributed by atoms with E-state index in [2.05, 4.69) is 26.6 Å². The van der Waals surface area contributed by atoms with Crippen molar-refractivity contribution in [3.63, 3.8) is 0 Å². The fraction of sp³-hybridized carbons (Fsp3) is 0.320. The number of ether oxygens (including phenoxy) is 1. The predicted molar refractivity (Wildman–Crippen MR) is 131 cm³/mol. The highest BCUT2D eigenvalue weighted by Crippen LogP contribution is 2.33. The van der Waals surface area contributed by atoms with E-state index >= 15 is 0 Å². The van der Waals surface area contributed by atoms with Crippen LogP contribution in [-0.2, 0) is 4.79 Å². The van der Waals surface area contributed by atoms with Gasteiger partial charge in [-0.25, -0.2) is 0 Å². The lowest BCUT2D eigenvalue weighted by Gasteiger charge is -2.22. The lowest BCUT2D eigenvalue weighted by molar-refractivity contribution is -0.119. The van der Waals surface area contributed by atoms with Crippen LogP contribution in [0, 0.1) is 0 Å². The maximum absolute atomic E-state index is 12.6. The molecule has 0 radical (unpaired) electrons. The van der Waals surface area contributed by atoms with Crippen LogP contribution in [0.2, 0.25) is 0 Å². The molecular weight excluding hydrogens is 434 g/mol. The third-order valence-electron chi connectivity index (χ3n) is 6.08. The first-order chi connectivity index (χ1) is 16.2. The van der Waals surface area contributed by atoms with Crippen LogP contribution in [0.5, 0.6) is 5.75 Å². The van der Waals surface area contributed by atoms with Crippen molar-refractivity contribution in [3.8, 4) is 22.8 Å². The molecule has 2 aromatic carbocycles. The molecule has 1 fully saturated rings. The molecule has 4 aromatic rings. The number of amides is 1. The van der Waals surface area contributed by atoms with E-state index in [9.17, 15) is 4.79 Å². The topological polar surface area (TPSA) is 84.8 Å². The van der Waals surface area contributed by atoms with Crippen molar-refractivity contribution in [1.29, 1.82) is 0 Å². The summed E-state index contributed by atoms with van der Waals surface area (Å²) < 4.78 is 7.44. The number of nitrogens with zero attached hydrogens (tertiary/aromatic N) is 3. The average Bonchev–Trinajstić information content (AvgIpc) is 3.47. The maximum Gasteiger partial charge on any atom is 0.230 e. The zero-order valence-electron chi connectivity index (χ0n) is 18.6. The second-order valence-electron chi connectivity index (χ2n) is 8.28. The standard InChI is InChI=1S/C25H27N5O2S/c1-32-19-11-7-10-18(14-19)30-24(21-15-26-22-13-6-5-12-20(21)22)28-29-25(30)33-16-23(31)27-17-8-3-2-4-9-17/h5-7,10-15,17,26H,2-4,8-9,16H2,1H3,(H,27,31). The monoisotopic (exact) mass is 461 g/mol. The summed E-state index contributed by atoms with van der Waals surface area (Å²) >= 11 is 1.40. The first-order valence-electron chi connectivity index (χ1n) is 11.3. The summed E-state index contributed by atoms with van der Waals surface area (Å²) in [4.78, 5) is 15.9. The van der Waals surface area contributed by atoms with Gasteiger partial charge in [-0.1, -0.05) is 55.3 Å². The summed E-state index contributed by atoms with van der Waals surface area (Å²) in [6, 6.07) is 16.2. The van der Waals surface area contributed by atoms with E-state index < -0.39 is 0 Å². The summed E-state index contributed by atoms with van der Waals surface area (Å²) in [6.07, 6.45) is 7.74. The lowest BCUT2D eigenvalue weighted by atomic mass is 9.95. The normalized spacial score (nSPS) is 14.5. The third-order valence-corrected chi connectivity index (χ3v) is 7.01. The predicted octanol–water partition coefficient (Wildman–Crippen LogP) is 4.97. The molecule has 0 unspecified atom stereocenters. The van der Waals surface area contributed by atoms with E-state index in [-0.39, 0.29) is 5.91 Å². The molecule has 1 aliphatic rings. The number of hydrogen-bond acceptors (Lipinski definition) is 5. The Hall–Kier alpha value is -3.26. The van der Waals surface area contributed by atoms with Crippen LogP contribution in [-0.4, -0.2) is 44.6 Å². The van der Waals surface area contributed by atoms with Crippen molar-refractivity contribution < 1.29 is 9.53 Å². The molecule has 170 valence electrons. The highest BCUT2D eigenvalue weighted by molar-refractivity contribution is 7.99. The number of thioether (sulfide) groups is 1. The van der Waals surface area contributed by atoms with Crippen molar-refractivity contribution in [2.24, 2.45) is 0 Å². The van der Waals surface area contributed by atoms with E-state index in [1.807, 2.05) is 53.2 Å².